The van der Waals surface area contributed by atoms with Gasteiger partial charge in [0.1, 0.15) is 0 Å². The minimum absolute atomic E-state index is 0.0133. The summed E-state index contributed by atoms with van der Waals surface area (Å²) in [5, 5.41) is 2.69. The zero-order chi connectivity index (χ0) is 30.7. The van der Waals surface area contributed by atoms with E-state index in [9.17, 15) is 0 Å². The van der Waals surface area contributed by atoms with Crippen LogP contribution in [0, 0.1) is 0 Å². The van der Waals surface area contributed by atoms with E-state index < -0.39 is 0 Å². The van der Waals surface area contributed by atoms with Gasteiger partial charge in [-0.25, -0.2) is 0 Å². The van der Waals surface area contributed by atoms with Crippen LogP contribution in [0.2, 0.25) is 0 Å². The zero-order valence-electron chi connectivity index (χ0n) is 27.0. The van der Waals surface area contributed by atoms with E-state index in [0.29, 0.717) is 0 Å². The lowest BCUT2D eigenvalue weighted by atomic mass is 9.33. The van der Waals surface area contributed by atoms with Gasteiger partial charge < -0.3 is 14.2 Å². The second kappa shape index (κ2) is 9.05. The summed E-state index contributed by atoms with van der Waals surface area (Å²) in [5.74, 6) is 1.82. The largest absolute Gasteiger partial charge is 0.453 e. The van der Waals surface area contributed by atoms with Crippen LogP contribution in [0.15, 0.2) is 91.0 Å². The molecule has 0 radical (unpaired) electrons. The highest BCUT2D eigenvalue weighted by Gasteiger charge is 2.45. The Morgan fingerprint density at radius 2 is 1.25 bits per heavy atom. The van der Waals surface area contributed by atoms with Crippen LogP contribution in [-0.4, -0.2) is 11.3 Å². The number of rotatable bonds is 0. The first kappa shape index (κ1) is 27.1. The van der Waals surface area contributed by atoms with Crippen molar-refractivity contribution in [3.8, 4) is 17.2 Å². The second-order valence-corrected chi connectivity index (χ2v) is 14.3. The van der Waals surface area contributed by atoms with Crippen molar-refractivity contribution in [1.82, 2.24) is 4.57 Å². The predicted molar refractivity (Wildman–Crippen MR) is 189 cm³/mol. The lowest BCUT2D eigenvalue weighted by Gasteiger charge is -2.43. The van der Waals surface area contributed by atoms with Crippen molar-refractivity contribution in [1.29, 1.82) is 0 Å². The summed E-state index contributed by atoms with van der Waals surface area (Å²) in [6.07, 6.45) is 0. The molecule has 0 bridgehead atoms. The van der Waals surface area contributed by atoms with Crippen molar-refractivity contribution >= 4 is 62.0 Å². The predicted octanol–water partition coefficient (Wildman–Crippen LogP) is 9.12. The summed E-state index contributed by atoms with van der Waals surface area (Å²) < 4.78 is 9.10. The number of fused-ring (bicyclic) bond motifs is 9. The van der Waals surface area contributed by atoms with E-state index in [1.165, 1.54) is 66.4 Å². The minimum Gasteiger partial charge on any atom is -0.453 e. The van der Waals surface area contributed by atoms with Crippen LogP contribution in [0.4, 0.5) is 17.1 Å². The highest BCUT2D eigenvalue weighted by atomic mass is 16.5. The molecule has 0 aliphatic carbocycles. The summed E-state index contributed by atoms with van der Waals surface area (Å²) in [7, 11) is 0. The van der Waals surface area contributed by atoms with E-state index in [1.54, 1.807) is 0 Å². The number of anilines is 3. The molecule has 44 heavy (non-hydrogen) atoms. The Bertz CT molecular complexity index is 2160. The summed E-state index contributed by atoms with van der Waals surface area (Å²) in [4.78, 5) is 2.44. The molecule has 1 aromatic heterocycles. The third-order valence-corrected chi connectivity index (χ3v) is 9.66. The van der Waals surface area contributed by atoms with Crippen LogP contribution in [0.1, 0.15) is 66.5 Å². The van der Waals surface area contributed by atoms with Gasteiger partial charge in [-0.15, -0.1) is 0 Å². The maximum Gasteiger partial charge on any atom is 0.252 e. The molecule has 4 heteroatoms. The fraction of sp³-hybridized carbons (Fsp3) is 0.250. The Morgan fingerprint density at radius 3 is 2.02 bits per heavy atom. The molecule has 0 N–H and O–H groups in total. The fourth-order valence-corrected chi connectivity index (χ4v) is 7.57. The standard InChI is InChI=1S/C38H33BN2O.C2H6/c1-37(2,3)22-17-18-28-24(19-22)25-20-23(38(4,5)6)21-27-35(25)40(28)30-13-10-14-31-34(30)39(27)26-11-9-16-33-36(26)41(31)29-12-7-8-15-32(29)42-33;1-2/h7-21H,1-6H3;1-2H3. The van der Waals surface area contributed by atoms with Gasteiger partial charge in [0.2, 0.25) is 0 Å². The van der Waals surface area contributed by atoms with Crippen LogP contribution >= 0.6 is 0 Å². The van der Waals surface area contributed by atoms with Crippen molar-refractivity contribution < 1.29 is 4.74 Å². The van der Waals surface area contributed by atoms with E-state index >= 15 is 0 Å². The molecule has 3 aliphatic heterocycles. The molecule has 3 nitrogen and oxygen atoms in total. The first-order valence-electron chi connectivity index (χ1n) is 16.1. The van der Waals surface area contributed by atoms with Crippen LogP contribution in [0.5, 0.6) is 11.5 Å². The Hall–Kier alpha value is -4.44. The molecule has 0 atom stereocenters. The third-order valence-electron chi connectivity index (χ3n) is 9.66. The van der Waals surface area contributed by atoms with Crippen LogP contribution in [0.3, 0.4) is 0 Å². The quantitative estimate of drug-likeness (QED) is 0.168. The SMILES string of the molecule is CC.CC(C)(C)c1ccc2c(c1)c1cc(C(C)(C)C)cc3c1n2-c1cccc2c1B3c1cccc3c1N2c1ccccc1O3. The van der Waals surface area contributed by atoms with Gasteiger partial charge in [-0.2, -0.15) is 0 Å². The van der Waals surface area contributed by atoms with E-state index in [4.69, 9.17) is 4.74 Å². The number of hydrogen-bond donors (Lipinski definition) is 0. The molecular formula is C40H39BN2O. The first-order valence-corrected chi connectivity index (χ1v) is 16.1. The van der Waals surface area contributed by atoms with E-state index in [2.05, 4.69) is 142 Å². The normalized spacial score (nSPS) is 14.0. The minimum atomic E-state index is 0.0133. The maximum absolute atomic E-state index is 6.55. The van der Waals surface area contributed by atoms with Crippen LogP contribution < -0.4 is 26.0 Å². The maximum atomic E-state index is 6.55. The number of aromatic nitrogens is 1. The lowest BCUT2D eigenvalue weighted by Crippen LogP contribution is -2.60. The zero-order valence-corrected chi connectivity index (χ0v) is 27.0. The molecular weight excluding hydrogens is 535 g/mol. The molecule has 6 aromatic rings. The molecule has 0 spiro atoms. The molecule has 0 unspecified atom stereocenters. The first-order chi connectivity index (χ1) is 21.1. The van der Waals surface area contributed by atoms with Crippen LogP contribution in [-0.2, 0) is 10.8 Å². The number of nitrogens with zero attached hydrogens (tertiary/aromatic N) is 2. The van der Waals surface area contributed by atoms with Crippen LogP contribution in [0.25, 0.3) is 27.5 Å². The van der Waals surface area contributed by atoms with Gasteiger partial charge in [0, 0.05) is 27.7 Å². The topological polar surface area (TPSA) is 17.4 Å². The van der Waals surface area contributed by atoms with Gasteiger partial charge >= 0.3 is 0 Å². The molecule has 5 aromatic carbocycles. The molecule has 218 valence electrons. The average molecular weight is 575 g/mol. The number of benzene rings is 5. The third kappa shape index (κ3) is 3.51. The van der Waals surface area contributed by atoms with Gasteiger partial charge in [0.05, 0.1) is 16.9 Å². The molecule has 0 amide bonds. The van der Waals surface area contributed by atoms with Gasteiger partial charge in [-0.3, -0.25) is 0 Å². The summed E-state index contributed by atoms with van der Waals surface area (Å²) in [6, 6.07) is 34.0. The van der Waals surface area contributed by atoms with E-state index in [0.717, 1.165) is 17.2 Å². The summed E-state index contributed by atoms with van der Waals surface area (Å²) in [5.41, 5.74) is 14.3. The average Bonchev–Trinajstić information content (AvgIpc) is 3.34. The Kier molecular flexibility index (Phi) is 5.58. The summed E-state index contributed by atoms with van der Waals surface area (Å²) in [6.45, 7) is 18.0. The molecule has 0 saturated heterocycles. The number of para-hydroxylation sites is 3. The Balaban J connectivity index is 0.00000142. The fourth-order valence-electron chi connectivity index (χ4n) is 7.57. The highest BCUT2D eigenvalue weighted by molar-refractivity contribution is 7.00. The van der Waals surface area contributed by atoms with Crippen molar-refractivity contribution in [3.05, 3.63) is 102 Å². The van der Waals surface area contributed by atoms with E-state index in [1.807, 2.05) is 13.8 Å². The molecule has 9 rings (SSSR count). The smallest absolute Gasteiger partial charge is 0.252 e. The van der Waals surface area contributed by atoms with Crippen molar-refractivity contribution in [3.63, 3.8) is 0 Å². The monoisotopic (exact) mass is 574 g/mol. The Morgan fingerprint density at radius 1 is 0.591 bits per heavy atom. The number of ether oxygens (including phenoxy) is 1. The van der Waals surface area contributed by atoms with Crippen molar-refractivity contribution in [2.45, 2.75) is 66.2 Å². The molecule has 3 aliphatic rings. The molecule has 0 saturated carbocycles. The van der Waals surface area contributed by atoms with Gasteiger partial charge in [-0.05, 0) is 86.9 Å². The lowest BCUT2D eigenvalue weighted by molar-refractivity contribution is 0.477. The second-order valence-electron chi connectivity index (χ2n) is 14.3. The molecule has 4 heterocycles. The summed E-state index contributed by atoms with van der Waals surface area (Å²) >= 11 is 0. The van der Waals surface area contributed by atoms with E-state index in [-0.39, 0.29) is 17.5 Å². The van der Waals surface area contributed by atoms with Crippen molar-refractivity contribution in [2.75, 3.05) is 4.90 Å². The highest BCUT2D eigenvalue weighted by Crippen LogP contribution is 2.52. The van der Waals surface area contributed by atoms with Crippen molar-refractivity contribution in [2.24, 2.45) is 0 Å². The van der Waals surface area contributed by atoms with Gasteiger partial charge in [0.15, 0.2) is 11.5 Å². The van der Waals surface area contributed by atoms with Gasteiger partial charge in [0.25, 0.3) is 6.71 Å². The number of hydrogen-bond acceptors (Lipinski definition) is 2. The molecule has 0 fully saturated rings. The van der Waals surface area contributed by atoms with Gasteiger partial charge in [-0.1, -0.05) is 97.9 Å². The Labute approximate surface area is 261 Å².